The van der Waals surface area contributed by atoms with Crippen molar-refractivity contribution in [3.05, 3.63) is 72.4 Å². The van der Waals surface area contributed by atoms with E-state index in [1.807, 2.05) is 60.7 Å². The first-order valence-electron chi connectivity index (χ1n) is 9.64. The van der Waals surface area contributed by atoms with Crippen LogP contribution in [-0.4, -0.2) is 23.6 Å². The van der Waals surface area contributed by atoms with Crippen LogP contribution in [0, 0.1) is 5.92 Å². The summed E-state index contributed by atoms with van der Waals surface area (Å²) in [7, 11) is 0. The molecular weight excluding hydrogens is 384 g/mol. The molecule has 1 atom stereocenters. The molecule has 1 fully saturated rings. The average Bonchev–Trinajstić information content (AvgIpc) is 3.50. The zero-order chi connectivity index (χ0) is 20.5. The number of hydrogen-bond donors (Lipinski definition) is 0. The fourth-order valence-electron chi connectivity index (χ4n) is 3.59. The van der Waals surface area contributed by atoms with Gasteiger partial charge in [-0.2, -0.15) is 0 Å². The number of esters is 1. The first kappa shape index (κ1) is 18.2. The highest BCUT2D eigenvalue weighted by molar-refractivity contribution is 5.99. The maximum Gasteiger partial charge on any atom is 0.311 e. The number of anilines is 1. The van der Waals surface area contributed by atoms with Crippen LogP contribution in [0.25, 0.3) is 22.5 Å². The number of benzene rings is 2. The van der Waals surface area contributed by atoms with Crippen molar-refractivity contribution in [3.8, 4) is 11.5 Å². The topological polar surface area (TPSA) is 85.8 Å². The molecule has 2 aromatic carbocycles. The number of carbonyl (C=O) groups excluding carboxylic acids is 2. The maximum atomic E-state index is 12.5. The molecule has 7 heteroatoms. The molecule has 5 rings (SSSR count). The van der Waals surface area contributed by atoms with E-state index in [9.17, 15) is 9.59 Å². The third-order valence-corrected chi connectivity index (χ3v) is 5.12. The molecule has 0 aliphatic carbocycles. The van der Waals surface area contributed by atoms with Crippen molar-refractivity contribution in [2.45, 2.75) is 13.0 Å². The van der Waals surface area contributed by atoms with Crippen LogP contribution in [0.2, 0.25) is 0 Å². The van der Waals surface area contributed by atoms with Crippen molar-refractivity contribution >= 4 is 28.5 Å². The van der Waals surface area contributed by atoms with Crippen LogP contribution in [-0.2, 0) is 20.9 Å². The van der Waals surface area contributed by atoms with Gasteiger partial charge in [0.1, 0.15) is 17.9 Å². The summed E-state index contributed by atoms with van der Waals surface area (Å²) < 4.78 is 16.5. The highest BCUT2D eigenvalue weighted by atomic mass is 16.5. The number of nitrogens with zero attached hydrogens (tertiary/aromatic N) is 2. The van der Waals surface area contributed by atoms with Crippen LogP contribution in [0.5, 0.6) is 0 Å². The minimum atomic E-state index is -0.501. The van der Waals surface area contributed by atoms with Crippen LogP contribution in [0.1, 0.15) is 12.1 Å². The van der Waals surface area contributed by atoms with E-state index in [-0.39, 0.29) is 18.9 Å². The molecule has 3 heterocycles. The second-order valence-electron chi connectivity index (χ2n) is 7.18. The van der Waals surface area contributed by atoms with Crippen molar-refractivity contribution in [2.75, 3.05) is 11.4 Å². The summed E-state index contributed by atoms with van der Waals surface area (Å²) in [6.45, 7) is 0.281. The SMILES string of the molecule is O=C(OCc1cc(-c2cc3ccccc3o2)on1)C1CC(=O)N(c2ccccc2)C1. The summed E-state index contributed by atoms with van der Waals surface area (Å²) in [5, 5.41) is 4.91. The molecule has 2 aromatic heterocycles. The van der Waals surface area contributed by atoms with E-state index in [0.29, 0.717) is 23.8 Å². The Morgan fingerprint density at radius 3 is 2.70 bits per heavy atom. The first-order chi connectivity index (χ1) is 14.7. The Bertz CT molecular complexity index is 1180. The number of carbonyl (C=O) groups is 2. The first-order valence-corrected chi connectivity index (χ1v) is 9.64. The average molecular weight is 402 g/mol. The van der Waals surface area contributed by atoms with E-state index in [1.54, 1.807) is 11.0 Å². The molecule has 1 saturated heterocycles. The number of ether oxygens (including phenoxy) is 1. The lowest BCUT2D eigenvalue weighted by Crippen LogP contribution is -2.26. The second kappa shape index (κ2) is 7.51. The summed E-state index contributed by atoms with van der Waals surface area (Å²) in [5.74, 6) is 0.0102. The number of amides is 1. The van der Waals surface area contributed by atoms with Gasteiger partial charge in [-0.05, 0) is 24.3 Å². The molecule has 0 N–H and O–H groups in total. The quantitative estimate of drug-likeness (QED) is 0.466. The Morgan fingerprint density at radius 1 is 1.07 bits per heavy atom. The summed E-state index contributed by atoms with van der Waals surface area (Å²) in [6, 6.07) is 20.5. The zero-order valence-corrected chi connectivity index (χ0v) is 16.0. The van der Waals surface area contributed by atoms with E-state index in [2.05, 4.69) is 5.16 Å². The number of rotatable bonds is 5. The lowest BCUT2D eigenvalue weighted by molar-refractivity contribution is -0.149. The third-order valence-electron chi connectivity index (χ3n) is 5.12. The van der Waals surface area contributed by atoms with Crippen molar-refractivity contribution in [1.29, 1.82) is 0 Å². The van der Waals surface area contributed by atoms with Crippen LogP contribution in [0.3, 0.4) is 0 Å². The standard InChI is InChI=1S/C23H18N2O5/c26-22-11-16(13-25(22)18-7-2-1-3-8-18)23(27)28-14-17-12-21(30-24-17)20-10-15-6-4-5-9-19(15)29-20/h1-10,12,16H,11,13-14H2. The molecule has 150 valence electrons. The Hall–Kier alpha value is -3.87. The van der Waals surface area contributed by atoms with Gasteiger partial charge in [0, 0.05) is 30.1 Å². The minimum absolute atomic E-state index is 0.0292. The van der Waals surface area contributed by atoms with E-state index in [0.717, 1.165) is 16.7 Å². The Labute approximate surface area is 171 Å². The van der Waals surface area contributed by atoms with E-state index < -0.39 is 11.9 Å². The maximum absolute atomic E-state index is 12.5. The monoisotopic (exact) mass is 402 g/mol. The van der Waals surface area contributed by atoms with Crippen LogP contribution in [0.15, 0.2) is 75.7 Å². The number of fused-ring (bicyclic) bond motifs is 1. The summed E-state index contributed by atoms with van der Waals surface area (Å²) in [6.07, 6.45) is 0.136. The summed E-state index contributed by atoms with van der Waals surface area (Å²) in [5.41, 5.74) is 2.01. The lowest BCUT2D eigenvalue weighted by atomic mass is 10.1. The van der Waals surface area contributed by atoms with Crippen molar-refractivity contribution in [1.82, 2.24) is 5.16 Å². The number of aromatic nitrogens is 1. The molecule has 0 radical (unpaired) electrons. The van der Waals surface area contributed by atoms with Gasteiger partial charge in [0.2, 0.25) is 11.7 Å². The van der Waals surface area contributed by atoms with E-state index in [1.165, 1.54) is 0 Å². The molecule has 0 spiro atoms. The van der Waals surface area contributed by atoms with Gasteiger partial charge in [0.15, 0.2) is 5.76 Å². The largest absolute Gasteiger partial charge is 0.459 e. The fraction of sp³-hybridized carbons (Fsp3) is 0.174. The van der Waals surface area contributed by atoms with Gasteiger partial charge in [0.25, 0.3) is 0 Å². The number of para-hydroxylation sites is 2. The predicted octanol–water partition coefficient (Wildman–Crippen LogP) is 4.18. The molecule has 0 bridgehead atoms. The highest BCUT2D eigenvalue weighted by Gasteiger charge is 2.36. The van der Waals surface area contributed by atoms with Gasteiger partial charge < -0.3 is 18.6 Å². The summed E-state index contributed by atoms with van der Waals surface area (Å²) in [4.78, 5) is 26.3. The third kappa shape index (κ3) is 3.45. The van der Waals surface area contributed by atoms with Gasteiger partial charge in [0.05, 0.1) is 5.92 Å². The second-order valence-corrected chi connectivity index (χ2v) is 7.18. The molecule has 0 saturated carbocycles. The van der Waals surface area contributed by atoms with Crippen molar-refractivity contribution < 1.29 is 23.3 Å². The molecule has 7 nitrogen and oxygen atoms in total. The normalized spacial score (nSPS) is 16.3. The molecule has 4 aromatic rings. The Morgan fingerprint density at radius 2 is 1.87 bits per heavy atom. The Kier molecular flexibility index (Phi) is 4.55. The smallest absolute Gasteiger partial charge is 0.311 e. The lowest BCUT2D eigenvalue weighted by Gasteiger charge is -2.16. The highest BCUT2D eigenvalue weighted by Crippen LogP contribution is 2.29. The molecule has 1 unspecified atom stereocenters. The predicted molar refractivity (Wildman–Crippen MR) is 108 cm³/mol. The molecule has 30 heavy (non-hydrogen) atoms. The van der Waals surface area contributed by atoms with Crippen molar-refractivity contribution in [2.24, 2.45) is 5.92 Å². The van der Waals surface area contributed by atoms with Crippen molar-refractivity contribution in [3.63, 3.8) is 0 Å². The van der Waals surface area contributed by atoms with Gasteiger partial charge in [-0.25, -0.2) is 0 Å². The molecular formula is C23H18N2O5. The van der Waals surface area contributed by atoms with E-state index >= 15 is 0 Å². The molecule has 1 amide bonds. The van der Waals surface area contributed by atoms with Gasteiger partial charge >= 0.3 is 5.97 Å². The summed E-state index contributed by atoms with van der Waals surface area (Å²) >= 11 is 0. The molecule has 1 aliphatic rings. The Balaban J connectivity index is 1.21. The zero-order valence-electron chi connectivity index (χ0n) is 16.0. The van der Waals surface area contributed by atoms with Gasteiger partial charge in [-0.15, -0.1) is 0 Å². The minimum Gasteiger partial charge on any atom is -0.459 e. The molecule has 1 aliphatic heterocycles. The van der Waals surface area contributed by atoms with Crippen LogP contribution >= 0.6 is 0 Å². The van der Waals surface area contributed by atoms with E-state index in [4.69, 9.17) is 13.7 Å². The number of hydrogen-bond acceptors (Lipinski definition) is 6. The fourth-order valence-corrected chi connectivity index (χ4v) is 3.59. The number of furan rings is 1. The van der Waals surface area contributed by atoms with Crippen LogP contribution < -0.4 is 4.90 Å². The van der Waals surface area contributed by atoms with Crippen LogP contribution in [0.4, 0.5) is 5.69 Å². The van der Waals surface area contributed by atoms with Gasteiger partial charge in [-0.1, -0.05) is 41.6 Å². The van der Waals surface area contributed by atoms with Gasteiger partial charge in [-0.3, -0.25) is 9.59 Å².